The Morgan fingerprint density at radius 2 is 2.05 bits per heavy atom. The van der Waals surface area contributed by atoms with Gasteiger partial charge in [-0.2, -0.15) is 0 Å². The standard InChI is InChI=1S/C14H18N2O3/c1-9-6-11(9)8-15-14(19)16-12-5-3-2-4-10(12)7-13(17)18/h2-5,9,11H,6-8H2,1H3,(H,17,18)(H2,15,16,19). The molecule has 2 unspecified atom stereocenters. The van der Waals surface area contributed by atoms with Crippen molar-refractivity contribution in [3.8, 4) is 0 Å². The Kier molecular flexibility index (Phi) is 4.04. The second kappa shape index (κ2) is 5.73. The summed E-state index contributed by atoms with van der Waals surface area (Å²) in [5.74, 6) is 0.362. The van der Waals surface area contributed by atoms with Crippen LogP contribution < -0.4 is 10.6 Å². The van der Waals surface area contributed by atoms with Crippen LogP contribution in [0.3, 0.4) is 0 Å². The van der Waals surface area contributed by atoms with Gasteiger partial charge in [-0.15, -0.1) is 0 Å². The highest BCUT2D eigenvalue weighted by atomic mass is 16.4. The minimum absolute atomic E-state index is 0.101. The van der Waals surface area contributed by atoms with Crippen LogP contribution in [0.15, 0.2) is 24.3 Å². The molecule has 5 nitrogen and oxygen atoms in total. The van der Waals surface area contributed by atoms with Gasteiger partial charge in [0.2, 0.25) is 0 Å². The zero-order valence-electron chi connectivity index (χ0n) is 10.8. The first-order valence-corrected chi connectivity index (χ1v) is 6.41. The monoisotopic (exact) mass is 262 g/mol. The van der Waals surface area contributed by atoms with Crippen molar-refractivity contribution < 1.29 is 14.7 Å². The van der Waals surface area contributed by atoms with E-state index in [1.165, 1.54) is 0 Å². The van der Waals surface area contributed by atoms with E-state index < -0.39 is 5.97 Å². The molecule has 0 heterocycles. The molecule has 1 saturated carbocycles. The molecule has 0 radical (unpaired) electrons. The maximum absolute atomic E-state index is 11.7. The van der Waals surface area contributed by atoms with E-state index in [9.17, 15) is 9.59 Å². The number of carboxylic acid groups (broad SMARTS) is 1. The van der Waals surface area contributed by atoms with Gasteiger partial charge in [0.1, 0.15) is 0 Å². The van der Waals surface area contributed by atoms with Gasteiger partial charge in [-0.3, -0.25) is 4.79 Å². The van der Waals surface area contributed by atoms with Crippen LogP contribution >= 0.6 is 0 Å². The summed E-state index contributed by atoms with van der Waals surface area (Å²) in [4.78, 5) is 22.5. The van der Waals surface area contributed by atoms with E-state index in [1.54, 1.807) is 24.3 Å². The van der Waals surface area contributed by atoms with Crippen molar-refractivity contribution in [2.45, 2.75) is 19.8 Å². The van der Waals surface area contributed by atoms with Crippen molar-refractivity contribution in [2.75, 3.05) is 11.9 Å². The molecule has 0 aliphatic heterocycles. The van der Waals surface area contributed by atoms with E-state index in [0.717, 1.165) is 6.42 Å². The number of aliphatic carboxylic acids is 1. The predicted molar refractivity (Wildman–Crippen MR) is 72.1 cm³/mol. The number of carbonyl (C=O) groups is 2. The Labute approximate surface area is 112 Å². The summed E-state index contributed by atoms with van der Waals surface area (Å²) < 4.78 is 0. The lowest BCUT2D eigenvalue weighted by molar-refractivity contribution is -0.136. The van der Waals surface area contributed by atoms with Crippen molar-refractivity contribution in [3.63, 3.8) is 0 Å². The fourth-order valence-corrected chi connectivity index (χ4v) is 2.03. The molecule has 0 bridgehead atoms. The van der Waals surface area contributed by atoms with E-state index in [4.69, 9.17) is 5.11 Å². The second-order valence-corrected chi connectivity index (χ2v) is 5.04. The van der Waals surface area contributed by atoms with Crippen molar-refractivity contribution in [2.24, 2.45) is 11.8 Å². The molecule has 1 aromatic carbocycles. The number of urea groups is 1. The quantitative estimate of drug-likeness (QED) is 0.760. The number of hydrogen-bond acceptors (Lipinski definition) is 2. The van der Waals surface area contributed by atoms with Crippen molar-refractivity contribution in [1.29, 1.82) is 0 Å². The molecule has 1 aliphatic rings. The Hall–Kier alpha value is -2.04. The second-order valence-electron chi connectivity index (χ2n) is 5.04. The minimum Gasteiger partial charge on any atom is -0.481 e. The normalized spacial score (nSPS) is 20.7. The fraction of sp³-hybridized carbons (Fsp3) is 0.429. The smallest absolute Gasteiger partial charge is 0.319 e. The summed E-state index contributed by atoms with van der Waals surface area (Å²) in [5, 5.41) is 14.3. The zero-order chi connectivity index (χ0) is 13.8. The molecule has 0 spiro atoms. The van der Waals surface area contributed by atoms with Crippen LogP contribution in [0.5, 0.6) is 0 Å². The third-order valence-electron chi connectivity index (χ3n) is 3.41. The summed E-state index contributed by atoms with van der Waals surface area (Å²) in [7, 11) is 0. The highest BCUT2D eigenvalue weighted by Gasteiger charge is 2.32. The molecule has 1 aromatic rings. The molecule has 0 aromatic heterocycles. The predicted octanol–water partition coefficient (Wildman–Crippen LogP) is 2.09. The van der Waals surface area contributed by atoms with Crippen molar-refractivity contribution in [3.05, 3.63) is 29.8 Å². The lowest BCUT2D eigenvalue weighted by atomic mass is 10.1. The van der Waals surface area contributed by atoms with Crippen LogP contribution in [0.4, 0.5) is 10.5 Å². The number of carboxylic acids is 1. The first-order chi connectivity index (χ1) is 9.06. The van der Waals surface area contributed by atoms with E-state index in [-0.39, 0.29) is 12.5 Å². The topological polar surface area (TPSA) is 78.4 Å². The molecular weight excluding hydrogens is 244 g/mol. The van der Waals surface area contributed by atoms with Gasteiger partial charge in [-0.1, -0.05) is 25.1 Å². The number of anilines is 1. The molecule has 3 N–H and O–H groups in total. The number of amides is 2. The number of rotatable bonds is 5. The van der Waals surface area contributed by atoms with Crippen LogP contribution in [0.1, 0.15) is 18.9 Å². The summed E-state index contributed by atoms with van der Waals surface area (Å²) in [5.41, 5.74) is 1.15. The number of nitrogens with one attached hydrogen (secondary N) is 2. The van der Waals surface area contributed by atoms with E-state index in [0.29, 0.717) is 29.6 Å². The Morgan fingerprint density at radius 1 is 1.37 bits per heavy atom. The third kappa shape index (κ3) is 3.98. The maximum atomic E-state index is 11.7. The molecule has 19 heavy (non-hydrogen) atoms. The van der Waals surface area contributed by atoms with E-state index >= 15 is 0 Å². The Balaban J connectivity index is 1.90. The van der Waals surface area contributed by atoms with Crippen molar-refractivity contribution in [1.82, 2.24) is 5.32 Å². The molecule has 2 atom stereocenters. The fourth-order valence-electron chi connectivity index (χ4n) is 2.03. The van der Waals surface area contributed by atoms with Crippen LogP contribution in [0.25, 0.3) is 0 Å². The Bertz CT molecular complexity index is 487. The minimum atomic E-state index is -0.915. The molecule has 1 fully saturated rings. The third-order valence-corrected chi connectivity index (χ3v) is 3.41. The van der Waals surface area contributed by atoms with Gasteiger partial charge in [0.15, 0.2) is 0 Å². The highest BCUT2D eigenvalue weighted by molar-refractivity contribution is 5.90. The Morgan fingerprint density at radius 3 is 2.68 bits per heavy atom. The lowest BCUT2D eigenvalue weighted by Gasteiger charge is -2.10. The van der Waals surface area contributed by atoms with Gasteiger partial charge >= 0.3 is 12.0 Å². The summed E-state index contributed by atoms with van der Waals surface area (Å²) >= 11 is 0. The summed E-state index contributed by atoms with van der Waals surface area (Å²) in [6.07, 6.45) is 1.06. The largest absolute Gasteiger partial charge is 0.481 e. The first kappa shape index (κ1) is 13.4. The maximum Gasteiger partial charge on any atom is 0.319 e. The molecule has 0 saturated heterocycles. The van der Waals surface area contributed by atoms with Gasteiger partial charge < -0.3 is 15.7 Å². The lowest BCUT2D eigenvalue weighted by Crippen LogP contribution is -2.31. The van der Waals surface area contributed by atoms with Crippen molar-refractivity contribution >= 4 is 17.7 Å². The molecule has 2 amide bonds. The van der Waals surface area contributed by atoms with Crippen LogP contribution in [-0.2, 0) is 11.2 Å². The number of para-hydroxylation sites is 1. The van der Waals surface area contributed by atoms with E-state index in [1.807, 2.05) is 0 Å². The number of carbonyl (C=O) groups excluding carboxylic acids is 1. The molecule has 5 heteroatoms. The average Bonchev–Trinajstić information content (AvgIpc) is 3.05. The summed E-state index contributed by atoms with van der Waals surface area (Å²) in [6, 6.07) is 6.65. The summed E-state index contributed by atoms with van der Waals surface area (Å²) in [6.45, 7) is 2.83. The molecule has 2 rings (SSSR count). The van der Waals surface area contributed by atoms with Crippen LogP contribution in [-0.4, -0.2) is 23.7 Å². The van der Waals surface area contributed by atoms with Gasteiger partial charge in [0.05, 0.1) is 6.42 Å². The van der Waals surface area contributed by atoms with E-state index in [2.05, 4.69) is 17.6 Å². The van der Waals surface area contributed by atoms with Gasteiger partial charge in [0.25, 0.3) is 0 Å². The van der Waals surface area contributed by atoms with Gasteiger partial charge in [-0.25, -0.2) is 4.79 Å². The van der Waals surface area contributed by atoms with Crippen LogP contribution in [0.2, 0.25) is 0 Å². The highest BCUT2D eigenvalue weighted by Crippen LogP contribution is 2.36. The number of benzene rings is 1. The SMILES string of the molecule is CC1CC1CNC(=O)Nc1ccccc1CC(=O)O. The molecule has 102 valence electrons. The number of hydrogen-bond donors (Lipinski definition) is 3. The first-order valence-electron chi connectivity index (χ1n) is 6.41. The average molecular weight is 262 g/mol. The van der Waals surface area contributed by atoms with Crippen LogP contribution in [0, 0.1) is 11.8 Å². The van der Waals surface area contributed by atoms with Gasteiger partial charge in [-0.05, 0) is 29.9 Å². The zero-order valence-corrected chi connectivity index (χ0v) is 10.8. The van der Waals surface area contributed by atoms with Gasteiger partial charge in [0, 0.05) is 12.2 Å². The molecular formula is C14H18N2O3. The molecule has 1 aliphatic carbocycles.